The summed E-state index contributed by atoms with van der Waals surface area (Å²) in [5, 5.41) is 9.25. The lowest BCUT2D eigenvalue weighted by molar-refractivity contribution is -0.131. The van der Waals surface area contributed by atoms with Crippen LogP contribution >= 0.6 is 0 Å². The molecule has 18 heavy (non-hydrogen) atoms. The topological polar surface area (TPSA) is 87.2 Å². The number of carbonyl (C=O) groups excluding carboxylic acids is 2. The summed E-state index contributed by atoms with van der Waals surface area (Å²) in [5.41, 5.74) is 1.78. The molecular weight excluding hydrogens is 234 g/mol. The number of aromatic nitrogens is 1. The van der Waals surface area contributed by atoms with Crippen LogP contribution in [0, 0.1) is 6.92 Å². The lowest BCUT2D eigenvalue weighted by Crippen LogP contribution is -2.12. The molecule has 2 N–H and O–H groups in total. The molecule has 0 saturated heterocycles. The minimum atomic E-state index is -1.51. The van der Waals surface area contributed by atoms with E-state index in [1.54, 1.807) is 19.1 Å². The van der Waals surface area contributed by atoms with Crippen LogP contribution in [-0.2, 0) is 4.79 Å². The molecule has 0 aliphatic carbocycles. The SMILES string of the molecule is CC(=O)c1ccc(C)c2c(C(=O)C(=O)O)c[nH]c12. The summed E-state index contributed by atoms with van der Waals surface area (Å²) < 4.78 is 0. The highest BCUT2D eigenvalue weighted by molar-refractivity contribution is 6.42. The first-order valence-electron chi connectivity index (χ1n) is 5.32. The smallest absolute Gasteiger partial charge is 0.377 e. The number of aryl methyl sites for hydroxylation is 1. The van der Waals surface area contributed by atoms with Crippen molar-refractivity contribution >= 4 is 28.4 Å². The van der Waals surface area contributed by atoms with Crippen LogP contribution in [0.25, 0.3) is 10.9 Å². The maximum atomic E-state index is 11.5. The normalized spacial score (nSPS) is 10.6. The number of carboxylic acids is 1. The van der Waals surface area contributed by atoms with E-state index < -0.39 is 11.8 Å². The van der Waals surface area contributed by atoms with E-state index in [1.165, 1.54) is 13.1 Å². The van der Waals surface area contributed by atoms with Crippen LogP contribution in [0.3, 0.4) is 0 Å². The molecule has 0 fully saturated rings. The fourth-order valence-corrected chi connectivity index (χ4v) is 2.01. The first-order valence-corrected chi connectivity index (χ1v) is 5.32. The van der Waals surface area contributed by atoms with Crippen molar-refractivity contribution in [2.75, 3.05) is 0 Å². The highest BCUT2D eigenvalue weighted by atomic mass is 16.4. The van der Waals surface area contributed by atoms with Gasteiger partial charge in [-0.3, -0.25) is 9.59 Å². The maximum absolute atomic E-state index is 11.5. The number of hydrogen-bond acceptors (Lipinski definition) is 3. The largest absolute Gasteiger partial charge is 0.475 e. The number of benzene rings is 1. The lowest BCUT2D eigenvalue weighted by Gasteiger charge is -2.03. The lowest BCUT2D eigenvalue weighted by atomic mass is 10.00. The van der Waals surface area contributed by atoms with Gasteiger partial charge in [0.05, 0.1) is 11.1 Å². The van der Waals surface area contributed by atoms with Gasteiger partial charge >= 0.3 is 5.97 Å². The predicted molar refractivity (Wildman–Crippen MR) is 65.0 cm³/mol. The fraction of sp³-hybridized carbons (Fsp3) is 0.154. The van der Waals surface area contributed by atoms with E-state index in [4.69, 9.17) is 5.11 Å². The summed E-state index contributed by atoms with van der Waals surface area (Å²) >= 11 is 0. The van der Waals surface area contributed by atoms with E-state index in [1.807, 2.05) is 0 Å². The monoisotopic (exact) mass is 245 g/mol. The van der Waals surface area contributed by atoms with Crippen molar-refractivity contribution in [3.63, 3.8) is 0 Å². The average Bonchev–Trinajstić information content (AvgIpc) is 2.73. The Hall–Kier alpha value is -2.43. The number of aliphatic carboxylic acids is 1. The van der Waals surface area contributed by atoms with Gasteiger partial charge in [-0.25, -0.2) is 4.79 Å². The van der Waals surface area contributed by atoms with Gasteiger partial charge < -0.3 is 10.1 Å². The number of nitrogens with one attached hydrogen (secondary N) is 1. The summed E-state index contributed by atoms with van der Waals surface area (Å²) in [6, 6.07) is 3.36. The third-order valence-electron chi connectivity index (χ3n) is 2.86. The van der Waals surface area contributed by atoms with E-state index >= 15 is 0 Å². The van der Waals surface area contributed by atoms with Crippen LogP contribution in [0.5, 0.6) is 0 Å². The second-order valence-electron chi connectivity index (χ2n) is 4.07. The van der Waals surface area contributed by atoms with E-state index in [-0.39, 0.29) is 11.3 Å². The Morgan fingerprint density at radius 3 is 2.39 bits per heavy atom. The zero-order valence-corrected chi connectivity index (χ0v) is 9.90. The molecule has 0 amide bonds. The average molecular weight is 245 g/mol. The molecule has 92 valence electrons. The zero-order chi connectivity index (χ0) is 13.4. The Balaban J connectivity index is 2.81. The number of carbonyl (C=O) groups is 3. The molecule has 0 unspecified atom stereocenters. The highest BCUT2D eigenvalue weighted by Crippen LogP contribution is 2.26. The number of carboxylic acid groups (broad SMARTS) is 1. The molecule has 1 heterocycles. The van der Waals surface area contributed by atoms with Crippen molar-refractivity contribution in [2.45, 2.75) is 13.8 Å². The van der Waals surface area contributed by atoms with Crippen molar-refractivity contribution in [2.24, 2.45) is 0 Å². The third kappa shape index (κ3) is 1.69. The van der Waals surface area contributed by atoms with Gasteiger partial charge in [0.25, 0.3) is 5.78 Å². The first-order chi connectivity index (χ1) is 8.43. The van der Waals surface area contributed by atoms with E-state index in [2.05, 4.69) is 4.98 Å². The first kappa shape index (κ1) is 12.0. The molecule has 1 aromatic carbocycles. The Kier molecular flexibility index (Phi) is 2.74. The summed E-state index contributed by atoms with van der Waals surface area (Å²) in [6.07, 6.45) is 1.33. The molecule has 5 heteroatoms. The Morgan fingerprint density at radius 2 is 1.83 bits per heavy atom. The van der Waals surface area contributed by atoms with Gasteiger partial charge in [0.2, 0.25) is 0 Å². The van der Waals surface area contributed by atoms with Gasteiger partial charge in [0.1, 0.15) is 0 Å². The van der Waals surface area contributed by atoms with E-state index in [9.17, 15) is 14.4 Å². The van der Waals surface area contributed by atoms with Gasteiger partial charge in [-0.2, -0.15) is 0 Å². The molecule has 0 radical (unpaired) electrons. The van der Waals surface area contributed by atoms with Crippen LogP contribution in [0.1, 0.15) is 33.2 Å². The van der Waals surface area contributed by atoms with Crippen LogP contribution in [0.2, 0.25) is 0 Å². The van der Waals surface area contributed by atoms with Crippen molar-refractivity contribution in [3.8, 4) is 0 Å². The predicted octanol–water partition coefficient (Wildman–Crippen LogP) is 1.95. The highest BCUT2D eigenvalue weighted by Gasteiger charge is 2.21. The van der Waals surface area contributed by atoms with Crippen LogP contribution < -0.4 is 0 Å². The van der Waals surface area contributed by atoms with Crippen molar-refractivity contribution < 1.29 is 19.5 Å². The van der Waals surface area contributed by atoms with E-state index in [0.717, 1.165) is 5.56 Å². The number of hydrogen-bond donors (Lipinski definition) is 2. The molecule has 0 saturated carbocycles. The maximum Gasteiger partial charge on any atom is 0.377 e. The van der Waals surface area contributed by atoms with Crippen LogP contribution in [0.4, 0.5) is 0 Å². The number of H-pyrrole nitrogens is 1. The molecule has 0 aliphatic rings. The number of aromatic amines is 1. The molecule has 1 aromatic heterocycles. The Bertz CT molecular complexity index is 682. The Morgan fingerprint density at radius 1 is 1.17 bits per heavy atom. The van der Waals surface area contributed by atoms with Gasteiger partial charge in [-0.05, 0) is 25.5 Å². The van der Waals surface area contributed by atoms with Gasteiger partial charge in [0, 0.05) is 17.1 Å². The van der Waals surface area contributed by atoms with Crippen molar-refractivity contribution in [3.05, 3.63) is 35.0 Å². The molecule has 5 nitrogen and oxygen atoms in total. The molecule has 0 bridgehead atoms. The van der Waals surface area contributed by atoms with E-state index in [0.29, 0.717) is 16.5 Å². The molecule has 0 atom stereocenters. The Labute approximate surface area is 102 Å². The minimum Gasteiger partial charge on any atom is -0.475 e. The second kappa shape index (κ2) is 4.10. The number of rotatable bonds is 3. The van der Waals surface area contributed by atoms with Crippen LogP contribution in [0.15, 0.2) is 18.3 Å². The van der Waals surface area contributed by atoms with Gasteiger partial charge in [0.15, 0.2) is 5.78 Å². The molecule has 0 spiro atoms. The molecule has 0 aliphatic heterocycles. The van der Waals surface area contributed by atoms with Crippen molar-refractivity contribution in [1.29, 1.82) is 0 Å². The fourth-order valence-electron chi connectivity index (χ4n) is 2.01. The number of Topliss-reactive ketones (excluding diaryl/α,β-unsaturated/α-hetero) is 2. The number of fused-ring (bicyclic) bond motifs is 1. The standard InChI is InChI=1S/C13H11NO4/c1-6-3-4-8(7(2)15)11-10(6)9(5-14-11)12(16)13(17)18/h3-5,14H,1-2H3,(H,17,18). The summed E-state index contributed by atoms with van der Waals surface area (Å²) in [5.74, 6) is -2.63. The van der Waals surface area contributed by atoms with Crippen LogP contribution in [-0.4, -0.2) is 27.6 Å². The molecular formula is C13H11NO4. The summed E-state index contributed by atoms with van der Waals surface area (Å²) in [4.78, 5) is 36.6. The minimum absolute atomic E-state index is 0.0816. The molecule has 2 aromatic rings. The number of ketones is 2. The van der Waals surface area contributed by atoms with Gasteiger partial charge in [-0.1, -0.05) is 6.07 Å². The summed E-state index contributed by atoms with van der Waals surface area (Å²) in [6.45, 7) is 3.18. The molecule has 2 rings (SSSR count). The summed E-state index contributed by atoms with van der Waals surface area (Å²) in [7, 11) is 0. The third-order valence-corrected chi connectivity index (χ3v) is 2.86. The quantitative estimate of drug-likeness (QED) is 0.639. The second-order valence-corrected chi connectivity index (χ2v) is 4.07. The zero-order valence-electron chi connectivity index (χ0n) is 9.90. The van der Waals surface area contributed by atoms with Gasteiger partial charge in [-0.15, -0.1) is 0 Å². The van der Waals surface area contributed by atoms with Crippen molar-refractivity contribution in [1.82, 2.24) is 4.98 Å².